The number of halogens is 3. The lowest BCUT2D eigenvalue weighted by Gasteiger charge is -2.11. The van der Waals surface area contributed by atoms with E-state index in [9.17, 15) is 18.0 Å². The Morgan fingerprint density at radius 2 is 1.85 bits per heavy atom. The molecule has 1 saturated carbocycles. The van der Waals surface area contributed by atoms with E-state index < -0.39 is 12.1 Å². The molecule has 1 N–H and O–H groups in total. The first-order valence-electron chi connectivity index (χ1n) is 4.35. The average Bonchev–Trinajstić information content (AvgIpc) is 2.50. The van der Waals surface area contributed by atoms with Crippen molar-refractivity contribution < 1.29 is 18.0 Å². The number of nitrogens with one attached hydrogen (secondary N) is 1. The molecule has 76 valence electrons. The Bertz CT molecular complexity index is 184. The maximum atomic E-state index is 11.7. The van der Waals surface area contributed by atoms with E-state index in [1.165, 1.54) is 0 Å². The standard InChI is InChI=1S/C8H12F3NO/c9-8(10,11)7(13)12-5-6-3-1-2-4-6/h6H,1-5H2,(H,12,13). The minimum Gasteiger partial charge on any atom is -0.348 e. The first-order valence-corrected chi connectivity index (χ1v) is 4.35. The van der Waals surface area contributed by atoms with Gasteiger partial charge in [0.05, 0.1) is 0 Å². The third-order valence-electron chi connectivity index (χ3n) is 2.28. The Labute approximate surface area is 74.5 Å². The van der Waals surface area contributed by atoms with Crippen molar-refractivity contribution in [1.82, 2.24) is 5.32 Å². The first-order chi connectivity index (χ1) is 6.00. The summed E-state index contributed by atoms with van der Waals surface area (Å²) in [5, 5.41) is 1.90. The highest BCUT2D eigenvalue weighted by molar-refractivity contribution is 5.81. The van der Waals surface area contributed by atoms with Crippen molar-refractivity contribution in [1.29, 1.82) is 0 Å². The number of amides is 1. The van der Waals surface area contributed by atoms with Crippen molar-refractivity contribution in [2.45, 2.75) is 31.9 Å². The van der Waals surface area contributed by atoms with E-state index in [0.29, 0.717) is 0 Å². The molecule has 1 aliphatic rings. The van der Waals surface area contributed by atoms with Gasteiger partial charge < -0.3 is 5.32 Å². The third kappa shape index (κ3) is 3.24. The number of alkyl halides is 3. The van der Waals surface area contributed by atoms with Crippen molar-refractivity contribution in [2.75, 3.05) is 6.54 Å². The second kappa shape index (κ2) is 3.98. The second-order valence-corrected chi connectivity index (χ2v) is 3.36. The minimum atomic E-state index is -4.74. The second-order valence-electron chi connectivity index (χ2n) is 3.36. The molecule has 1 amide bonds. The maximum Gasteiger partial charge on any atom is 0.471 e. The molecule has 0 aromatic carbocycles. The molecule has 0 aromatic heterocycles. The Kier molecular flexibility index (Phi) is 3.17. The van der Waals surface area contributed by atoms with Crippen LogP contribution in [0.15, 0.2) is 0 Å². The van der Waals surface area contributed by atoms with Gasteiger partial charge in [-0.15, -0.1) is 0 Å². The van der Waals surface area contributed by atoms with Crippen LogP contribution in [0, 0.1) is 5.92 Å². The van der Waals surface area contributed by atoms with E-state index in [4.69, 9.17) is 0 Å². The summed E-state index contributed by atoms with van der Waals surface area (Å²) in [6.07, 6.45) is -0.756. The van der Waals surface area contributed by atoms with Gasteiger partial charge in [-0.05, 0) is 18.8 Å². The van der Waals surface area contributed by atoms with Crippen molar-refractivity contribution in [3.63, 3.8) is 0 Å². The molecule has 0 spiro atoms. The van der Waals surface area contributed by atoms with Crippen LogP contribution in [0.2, 0.25) is 0 Å². The highest BCUT2D eigenvalue weighted by Crippen LogP contribution is 2.24. The molecule has 5 heteroatoms. The zero-order valence-electron chi connectivity index (χ0n) is 7.16. The van der Waals surface area contributed by atoms with E-state index in [1.807, 2.05) is 5.32 Å². The van der Waals surface area contributed by atoms with Gasteiger partial charge in [0.2, 0.25) is 0 Å². The number of rotatable bonds is 2. The van der Waals surface area contributed by atoms with E-state index in [0.717, 1.165) is 25.7 Å². The molecule has 0 saturated heterocycles. The van der Waals surface area contributed by atoms with E-state index in [2.05, 4.69) is 0 Å². The lowest BCUT2D eigenvalue weighted by Crippen LogP contribution is -2.38. The van der Waals surface area contributed by atoms with Gasteiger partial charge in [-0.3, -0.25) is 4.79 Å². The van der Waals surface area contributed by atoms with Gasteiger partial charge in [-0.25, -0.2) is 0 Å². The predicted octanol–water partition coefficient (Wildman–Crippen LogP) is 1.86. The monoisotopic (exact) mass is 195 g/mol. The SMILES string of the molecule is O=C(NCC1CCCC1)C(F)(F)F. The maximum absolute atomic E-state index is 11.7. The van der Waals surface area contributed by atoms with Crippen LogP contribution in [-0.4, -0.2) is 18.6 Å². The van der Waals surface area contributed by atoms with Gasteiger partial charge in [0.15, 0.2) is 0 Å². The molecule has 1 fully saturated rings. The lowest BCUT2D eigenvalue weighted by molar-refractivity contribution is -0.173. The van der Waals surface area contributed by atoms with E-state index in [1.54, 1.807) is 0 Å². The summed E-state index contributed by atoms with van der Waals surface area (Å²) in [6, 6.07) is 0. The van der Waals surface area contributed by atoms with Crippen molar-refractivity contribution in [2.24, 2.45) is 5.92 Å². The van der Waals surface area contributed by atoms with Crippen LogP contribution in [0.4, 0.5) is 13.2 Å². The Hall–Kier alpha value is -0.740. The van der Waals surface area contributed by atoms with Crippen LogP contribution in [0.5, 0.6) is 0 Å². The number of carbonyl (C=O) groups excluding carboxylic acids is 1. The van der Waals surface area contributed by atoms with Gasteiger partial charge >= 0.3 is 12.1 Å². The normalized spacial score (nSPS) is 19.0. The summed E-state index contributed by atoms with van der Waals surface area (Å²) in [4.78, 5) is 10.4. The van der Waals surface area contributed by atoms with Gasteiger partial charge in [-0.2, -0.15) is 13.2 Å². The fourth-order valence-electron chi connectivity index (χ4n) is 1.55. The molecule has 0 unspecified atom stereocenters. The third-order valence-corrected chi connectivity index (χ3v) is 2.28. The molecule has 0 bridgehead atoms. The van der Waals surface area contributed by atoms with Crippen LogP contribution in [0.25, 0.3) is 0 Å². The van der Waals surface area contributed by atoms with Crippen molar-refractivity contribution >= 4 is 5.91 Å². The molecule has 2 nitrogen and oxygen atoms in total. The van der Waals surface area contributed by atoms with Crippen LogP contribution < -0.4 is 5.32 Å². The van der Waals surface area contributed by atoms with Crippen LogP contribution in [-0.2, 0) is 4.79 Å². The lowest BCUT2D eigenvalue weighted by atomic mass is 10.1. The molecule has 13 heavy (non-hydrogen) atoms. The quantitative estimate of drug-likeness (QED) is 0.715. The summed E-state index contributed by atoms with van der Waals surface area (Å²) in [6.45, 7) is 0.165. The minimum absolute atomic E-state index is 0.165. The number of hydrogen-bond acceptors (Lipinski definition) is 1. The molecule has 0 radical (unpaired) electrons. The highest BCUT2D eigenvalue weighted by atomic mass is 19.4. The Morgan fingerprint density at radius 3 is 2.31 bits per heavy atom. The molecule has 1 rings (SSSR count). The van der Waals surface area contributed by atoms with Crippen LogP contribution in [0.1, 0.15) is 25.7 Å². The summed E-state index contributed by atoms with van der Waals surface area (Å²) in [5.74, 6) is -1.58. The molecule has 0 aliphatic heterocycles. The van der Waals surface area contributed by atoms with Crippen molar-refractivity contribution in [3.8, 4) is 0 Å². The summed E-state index contributed by atoms with van der Waals surface area (Å²) in [5.41, 5.74) is 0. The molecule has 1 aliphatic carbocycles. The summed E-state index contributed by atoms with van der Waals surface area (Å²) in [7, 11) is 0. The molecular formula is C8H12F3NO. The number of carbonyl (C=O) groups is 1. The predicted molar refractivity (Wildman–Crippen MR) is 41.0 cm³/mol. The van der Waals surface area contributed by atoms with Crippen LogP contribution >= 0.6 is 0 Å². The molecule has 0 atom stereocenters. The largest absolute Gasteiger partial charge is 0.471 e. The first kappa shape index (κ1) is 10.3. The molecule has 0 heterocycles. The highest BCUT2D eigenvalue weighted by Gasteiger charge is 2.38. The zero-order valence-corrected chi connectivity index (χ0v) is 7.16. The van der Waals surface area contributed by atoms with Gasteiger partial charge in [0.25, 0.3) is 0 Å². The fourth-order valence-corrected chi connectivity index (χ4v) is 1.55. The summed E-state index contributed by atoms with van der Waals surface area (Å²) < 4.78 is 35.1. The smallest absolute Gasteiger partial charge is 0.348 e. The molecular weight excluding hydrogens is 183 g/mol. The van der Waals surface area contributed by atoms with Crippen LogP contribution in [0.3, 0.4) is 0 Å². The van der Waals surface area contributed by atoms with E-state index >= 15 is 0 Å². The topological polar surface area (TPSA) is 29.1 Å². The zero-order chi connectivity index (χ0) is 9.90. The van der Waals surface area contributed by atoms with Gasteiger partial charge in [-0.1, -0.05) is 12.8 Å². The Morgan fingerprint density at radius 1 is 1.31 bits per heavy atom. The fraction of sp³-hybridized carbons (Fsp3) is 0.875. The Balaban J connectivity index is 2.22. The summed E-state index contributed by atoms with van der Waals surface area (Å²) >= 11 is 0. The van der Waals surface area contributed by atoms with Crippen molar-refractivity contribution in [3.05, 3.63) is 0 Å². The number of hydrogen-bond donors (Lipinski definition) is 1. The van der Waals surface area contributed by atoms with Gasteiger partial charge in [0, 0.05) is 6.54 Å². The van der Waals surface area contributed by atoms with E-state index in [-0.39, 0.29) is 12.5 Å². The average molecular weight is 195 g/mol. The molecule has 0 aromatic rings. The van der Waals surface area contributed by atoms with Gasteiger partial charge in [0.1, 0.15) is 0 Å².